The van der Waals surface area contributed by atoms with Crippen molar-refractivity contribution in [3.8, 4) is 11.4 Å². The number of H-pyrrole nitrogens is 1. The van der Waals surface area contributed by atoms with Crippen molar-refractivity contribution in [2.45, 2.75) is 5.03 Å². The average molecular weight is 427 g/mol. The fourth-order valence-electron chi connectivity index (χ4n) is 2.20. The zero-order chi connectivity index (χ0) is 19.4. The van der Waals surface area contributed by atoms with Gasteiger partial charge in [-0.1, -0.05) is 23.2 Å². The molecule has 1 heterocycles. The highest BCUT2D eigenvalue weighted by Gasteiger charge is 2.25. The lowest BCUT2D eigenvalue weighted by Gasteiger charge is -2.06. The van der Waals surface area contributed by atoms with Gasteiger partial charge in [-0.05, 0) is 52.0 Å². The highest BCUT2D eigenvalue weighted by molar-refractivity contribution is 7.99. The van der Waals surface area contributed by atoms with Crippen molar-refractivity contribution in [1.29, 1.82) is 0 Å². The lowest BCUT2D eigenvalue weighted by Crippen LogP contribution is -2.36. The van der Waals surface area contributed by atoms with E-state index in [1.807, 2.05) is 0 Å². The zero-order valence-electron chi connectivity index (χ0n) is 14.0. The fraction of sp³-hybridized carbons (Fsp3) is 0.118. The molecule has 10 heteroatoms. The molecule has 7 nitrogen and oxygen atoms in total. The van der Waals surface area contributed by atoms with Gasteiger partial charge in [-0.2, -0.15) is 0 Å². The molecule has 0 aliphatic carbocycles. The van der Waals surface area contributed by atoms with Crippen LogP contribution in [-0.2, 0) is 4.79 Å². The van der Waals surface area contributed by atoms with E-state index in [4.69, 9.17) is 32.5 Å². The van der Waals surface area contributed by atoms with Gasteiger partial charge in [0, 0.05) is 17.2 Å². The predicted molar refractivity (Wildman–Crippen MR) is 103 cm³/mol. The van der Waals surface area contributed by atoms with Crippen LogP contribution in [0.2, 0.25) is 10.0 Å². The van der Waals surface area contributed by atoms with Crippen molar-refractivity contribution >= 4 is 46.6 Å². The topological polar surface area (TPSA) is 88.2 Å². The van der Waals surface area contributed by atoms with Gasteiger partial charge < -0.3 is 10.1 Å². The van der Waals surface area contributed by atoms with E-state index in [1.54, 1.807) is 43.5 Å². The lowest BCUT2D eigenvalue weighted by atomic mass is 10.3. The van der Waals surface area contributed by atoms with Gasteiger partial charge >= 0.3 is 10.7 Å². The number of nitrogens with zero attached hydrogens (tertiary/aromatic N) is 1. The van der Waals surface area contributed by atoms with E-state index >= 15 is 0 Å². The average Bonchev–Trinajstić information content (AvgIpc) is 3.03. The number of benzene rings is 2. The van der Waals surface area contributed by atoms with Gasteiger partial charge in [-0.15, -0.1) is 0 Å². The molecule has 0 unspecified atom stereocenters. The normalized spacial score (nSPS) is 10.6. The summed E-state index contributed by atoms with van der Waals surface area (Å²) in [5, 5.41) is 6.22. The number of anilines is 1. The Hall–Kier alpha value is -2.42. The van der Waals surface area contributed by atoms with E-state index in [0.717, 1.165) is 11.8 Å². The molecule has 0 spiro atoms. The van der Waals surface area contributed by atoms with Crippen LogP contribution in [0.4, 0.5) is 5.69 Å². The molecule has 3 aromatic rings. The molecule has 0 bridgehead atoms. The Labute approximate surface area is 168 Å². The number of carbonyl (C=O) groups is 1. The number of aromatic nitrogens is 2. The van der Waals surface area contributed by atoms with Crippen LogP contribution in [0.3, 0.4) is 0 Å². The number of hydrogen-bond acceptors (Lipinski definition) is 5. The summed E-state index contributed by atoms with van der Waals surface area (Å²) in [5.41, 5.74) is 0.522. The van der Waals surface area contributed by atoms with Gasteiger partial charge in [0.25, 0.3) is 0 Å². The van der Waals surface area contributed by atoms with Crippen LogP contribution in [0, 0.1) is 0 Å². The van der Waals surface area contributed by atoms with E-state index in [2.05, 4.69) is 10.6 Å². The second kappa shape index (κ2) is 8.51. The Kier molecular flexibility index (Phi) is 6.10. The second-order valence-electron chi connectivity index (χ2n) is 5.28. The lowest BCUT2D eigenvalue weighted by molar-refractivity contribution is -0.704. The molecule has 1 amide bonds. The summed E-state index contributed by atoms with van der Waals surface area (Å²) in [6.07, 6.45) is 0. The summed E-state index contributed by atoms with van der Waals surface area (Å²) in [7, 11) is 1.56. The fourth-order valence-corrected chi connectivity index (χ4v) is 3.43. The summed E-state index contributed by atoms with van der Waals surface area (Å²) in [4.78, 5) is 24.2. The van der Waals surface area contributed by atoms with Crippen LogP contribution >= 0.6 is 35.0 Å². The third kappa shape index (κ3) is 4.65. The van der Waals surface area contributed by atoms with Crippen LogP contribution in [-0.4, -0.2) is 24.0 Å². The van der Waals surface area contributed by atoms with E-state index in [1.165, 1.54) is 10.7 Å². The first kappa shape index (κ1) is 19.3. The van der Waals surface area contributed by atoms with Crippen LogP contribution in [0.15, 0.2) is 56.8 Å². The maximum atomic E-state index is 12.2. The molecule has 0 atom stereocenters. The number of halogens is 2. The summed E-state index contributed by atoms with van der Waals surface area (Å²) in [6.45, 7) is 0. The monoisotopic (exact) mass is 426 g/mol. The molecule has 1 aromatic heterocycles. The number of methoxy groups -OCH3 is 1. The molecule has 0 radical (unpaired) electrons. The molecule has 0 saturated carbocycles. The first-order valence-electron chi connectivity index (χ1n) is 7.63. The van der Waals surface area contributed by atoms with E-state index in [-0.39, 0.29) is 16.7 Å². The van der Waals surface area contributed by atoms with Crippen molar-refractivity contribution in [2.24, 2.45) is 0 Å². The predicted octanol–water partition coefficient (Wildman–Crippen LogP) is 3.29. The van der Waals surface area contributed by atoms with Crippen molar-refractivity contribution in [1.82, 2.24) is 5.27 Å². The quantitative estimate of drug-likeness (QED) is 0.466. The molecule has 3 rings (SSSR count). The minimum absolute atomic E-state index is 0.0161. The first-order chi connectivity index (χ1) is 13.0. The van der Waals surface area contributed by atoms with Gasteiger partial charge in [-0.25, -0.2) is 4.79 Å². The van der Waals surface area contributed by atoms with Crippen LogP contribution < -0.4 is 20.4 Å². The summed E-state index contributed by atoms with van der Waals surface area (Å²) < 4.78 is 11.4. The number of carbonyl (C=O) groups excluding carboxylic acids is 1. The molecule has 27 heavy (non-hydrogen) atoms. The number of rotatable bonds is 6. The van der Waals surface area contributed by atoms with Crippen molar-refractivity contribution in [3.05, 3.63) is 62.9 Å². The standard InChI is InChI=1S/C17H13Cl2N3O4S/c1-25-12-5-3-11(4-6-12)22-16(17(24)26-21-22)27-9-15(23)20-14-7-2-10(18)8-13(14)19/h2-8H,9H2,1H3,(H-,20,21,23,24)/p+1. The Balaban J connectivity index is 1.71. The number of aromatic amines is 1. The van der Waals surface area contributed by atoms with Gasteiger partial charge in [-0.3, -0.25) is 9.32 Å². The van der Waals surface area contributed by atoms with Gasteiger partial charge in [0.05, 0.1) is 23.6 Å². The van der Waals surface area contributed by atoms with Crippen molar-refractivity contribution < 1.29 is 18.7 Å². The number of amides is 1. The first-order valence-corrected chi connectivity index (χ1v) is 9.37. The van der Waals surface area contributed by atoms with Crippen molar-refractivity contribution in [2.75, 3.05) is 18.2 Å². The van der Waals surface area contributed by atoms with E-state index in [0.29, 0.717) is 27.2 Å². The maximum Gasteiger partial charge on any atom is 0.442 e. The minimum Gasteiger partial charge on any atom is -0.497 e. The highest BCUT2D eigenvalue weighted by Crippen LogP contribution is 2.25. The third-order valence-electron chi connectivity index (χ3n) is 3.48. The molecule has 0 fully saturated rings. The SMILES string of the molecule is COc1ccc(-[n+]2[nH]oc(=O)c2SCC(=O)Nc2ccc(Cl)cc2Cl)cc1. The van der Waals surface area contributed by atoms with Crippen LogP contribution in [0.25, 0.3) is 5.69 Å². The molecule has 140 valence electrons. The third-order valence-corrected chi connectivity index (χ3v) is 5.06. The molecule has 2 aromatic carbocycles. The Morgan fingerprint density at radius 2 is 2.00 bits per heavy atom. The van der Waals surface area contributed by atoms with Crippen LogP contribution in [0.5, 0.6) is 5.75 Å². The number of hydrogen-bond donors (Lipinski definition) is 2. The molecule has 2 N–H and O–H groups in total. The maximum absolute atomic E-state index is 12.2. The molecule has 0 saturated heterocycles. The van der Waals surface area contributed by atoms with Crippen molar-refractivity contribution in [3.63, 3.8) is 0 Å². The number of ether oxygens (including phenoxy) is 1. The zero-order valence-corrected chi connectivity index (χ0v) is 16.3. The summed E-state index contributed by atoms with van der Waals surface area (Å²) in [5.74, 6) is 0.335. The Bertz CT molecular complexity index is 1020. The van der Waals surface area contributed by atoms with Crippen LogP contribution in [0.1, 0.15) is 0 Å². The van der Waals surface area contributed by atoms with Gasteiger partial charge in [0.1, 0.15) is 5.75 Å². The molecule has 0 aliphatic rings. The van der Waals surface area contributed by atoms with Gasteiger partial charge in [0.15, 0.2) is 0 Å². The largest absolute Gasteiger partial charge is 0.497 e. The summed E-state index contributed by atoms with van der Waals surface area (Å²) in [6, 6.07) is 11.8. The second-order valence-corrected chi connectivity index (χ2v) is 7.09. The highest BCUT2D eigenvalue weighted by atomic mass is 35.5. The van der Waals surface area contributed by atoms with E-state index in [9.17, 15) is 9.59 Å². The number of thioether (sulfide) groups is 1. The summed E-state index contributed by atoms with van der Waals surface area (Å²) >= 11 is 12.9. The molecular formula is C17H14Cl2N3O4S+. The number of nitrogens with one attached hydrogen (secondary N) is 2. The van der Waals surface area contributed by atoms with E-state index < -0.39 is 5.63 Å². The minimum atomic E-state index is -0.576. The molecule has 0 aliphatic heterocycles. The molecular weight excluding hydrogens is 413 g/mol. The smallest absolute Gasteiger partial charge is 0.442 e. The van der Waals surface area contributed by atoms with Gasteiger partial charge in [0.2, 0.25) is 11.6 Å². The Morgan fingerprint density at radius 1 is 1.26 bits per heavy atom. The Morgan fingerprint density at radius 3 is 2.67 bits per heavy atom.